The summed E-state index contributed by atoms with van der Waals surface area (Å²) < 4.78 is 0. The molecule has 1 saturated heterocycles. The van der Waals surface area contributed by atoms with E-state index in [4.69, 9.17) is 0 Å². The highest BCUT2D eigenvalue weighted by molar-refractivity contribution is 6.23. The fraction of sp³-hybridized carbons (Fsp3) is 0.320. The summed E-state index contributed by atoms with van der Waals surface area (Å²) in [4.78, 5) is 40.0. The topological polar surface area (TPSA) is 66.5 Å². The van der Waals surface area contributed by atoms with Crippen molar-refractivity contribution >= 4 is 29.1 Å². The molecule has 5 heteroatoms. The second kappa shape index (κ2) is 6.66. The van der Waals surface area contributed by atoms with Crippen molar-refractivity contribution < 1.29 is 14.4 Å². The van der Waals surface area contributed by atoms with Crippen molar-refractivity contribution in [3.8, 4) is 0 Å². The van der Waals surface area contributed by atoms with Crippen molar-refractivity contribution in [3.63, 3.8) is 0 Å². The standard InChI is InChI=1S/C25H24N2O3/c1-13-8-14(2)10-18(9-13)26-23(28)16-4-6-19(7-5-16)27-24(29)21-17-11-15(3)20(12-17)22(21)25(27)30/h4-11,17,20-22H,12H2,1-3H3,(H,26,28)/t17-,20+,21+,22+/m1/s1. The van der Waals surface area contributed by atoms with Crippen LogP contribution in [-0.2, 0) is 9.59 Å². The number of imide groups is 1. The fourth-order valence-corrected chi connectivity index (χ4v) is 5.54. The molecular formula is C25H24N2O3. The van der Waals surface area contributed by atoms with Gasteiger partial charge in [0.25, 0.3) is 5.91 Å². The van der Waals surface area contributed by atoms with Crippen LogP contribution in [0, 0.1) is 37.5 Å². The molecule has 0 radical (unpaired) electrons. The molecule has 2 aliphatic carbocycles. The number of carbonyl (C=O) groups excluding carboxylic acids is 3. The van der Waals surface area contributed by atoms with Crippen molar-refractivity contribution in [2.75, 3.05) is 10.2 Å². The Balaban J connectivity index is 1.35. The number of hydrogen-bond donors (Lipinski definition) is 1. The zero-order valence-electron chi connectivity index (χ0n) is 17.3. The zero-order valence-corrected chi connectivity index (χ0v) is 17.3. The molecular weight excluding hydrogens is 376 g/mol. The highest BCUT2D eigenvalue weighted by Crippen LogP contribution is 2.55. The van der Waals surface area contributed by atoms with E-state index in [0.29, 0.717) is 11.3 Å². The van der Waals surface area contributed by atoms with E-state index in [1.807, 2.05) is 32.0 Å². The number of carbonyl (C=O) groups is 3. The normalized spacial score (nSPS) is 26.8. The van der Waals surface area contributed by atoms with Crippen LogP contribution in [0.1, 0.15) is 34.8 Å². The lowest BCUT2D eigenvalue weighted by atomic mass is 9.82. The lowest BCUT2D eigenvalue weighted by molar-refractivity contribution is -0.123. The Hall–Kier alpha value is -3.21. The van der Waals surface area contributed by atoms with Gasteiger partial charge in [-0.3, -0.25) is 19.3 Å². The van der Waals surface area contributed by atoms with Gasteiger partial charge in [0.2, 0.25) is 11.8 Å². The number of hydrogen-bond acceptors (Lipinski definition) is 3. The Labute approximate surface area is 175 Å². The summed E-state index contributed by atoms with van der Waals surface area (Å²) in [7, 11) is 0. The lowest BCUT2D eigenvalue weighted by Crippen LogP contribution is -2.33. The van der Waals surface area contributed by atoms with Gasteiger partial charge in [0, 0.05) is 11.3 Å². The second-order valence-corrected chi connectivity index (χ2v) is 8.86. The summed E-state index contributed by atoms with van der Waals surface area (Å²) in [6, 6.07) is 12.6. The van der Waals surface area contributed by atoms with E-state index in [2.05, 4.69) is 18.3 Å². The van der Waals surface area contributed by atoms with Crippen LogP contribution in [0.25, 0.3) is 0 Å². The van der Waals surface area contributed by atoms with Crippen molar-refractivity contribution in [2.45, 2.75) is 27.2 Å². The van der Waals surface area contributed by atoms with E-state index >= 15 is 0 Å². The molecule has 3 aliphatic rings. The Kier molecular flexibility index (Phi) is 4.17. The van der Waals surface area contributed by atoms with Crippen LogP contribution in [0.3, 0.4) is 0 Å². The zero-order chi connectivity index (χ0) is 21.2. The van der Waals surface area contributed by atoms with Crippen LogP contribution in [0.4, 0.5) is 11.4 Å². The number of amides is 3. The minimum absolute atomic E-state index is 0.0996. The van der Waals surface area contributed by atoms with E-state index in [0.717, 1.165) is 23.2 Å². The minimum atomic E-state index is -0.223. The summed E-state index contributed by atoms with van der Waals surface area (Å²) in [6.07, 6.45) is 3.09. The molecule has 1 saturated carbocycles. The van der Waals surface area contributed by atoms with E-state index < -0.39 is 0 Å². The van der Waals surface area contributed by atoms with Gasteiger partial charge in [0.15, 0.2) is 0 Å². The molecule has 5 nitrogen and oxygen atoms in total. The van der Waals surface area contributed by atoms with Crippen LogP contribution in [0.2, 0.25) is 0 Å². The average Bonchev–Trinajstić information content (AvgIpc) is 3.32. The molecule has 30 heavy (non-hydrogen) atoms. The van der Waals surface area contributed by atoms with E-state index in [9.17, 15) is 14.4 Å². The van der Waals surface area contributed by atoms with Crippen molar-refractivity contribution in [2.24, 2.45) is 23.7 Å². The molecule has 0 spiro atoms. The summed E-state index contributed by atoms with van der Waals surface area (Å²) in [5.41, 5.74) is 5.17. The summed E-state index contributed by atoms with van der Waals surface area (Å²) in [5, 5.41) is 2.91. The molecule has 5 rings (SSSR count). The first-order chi connectivity index (χ1) is 14.3. The molecule has 152 valence electrons. The van der Waals surface area contributed by atoms with Crippen molar-refractivity contribution in [1.82, 2.24) is 0 Å². The number of rotatable bonds is 3. The predicted molar refractivity (Wildman–Crippen MR) is 115 cm³/mol. The van der Waals surface area contributed by atoms with Gasteiger partial charge >= 0.3 is 0 Å². The molecule has 3 amide bonds. The molecule has 2 bridgehead atoms. The summed E-state index contributed by atoms with van der Waals surface area (Å²) >= 11 is 0. The van der Waals surface area contributed by atoms with Gasteiger partial charge in [0.1, 0.15) is 0 Å². The summed E-state index contributed by atoms with van der Waals surface area (Å²) in [5.74, 6) is -0.487. The molecule has 1 aliphatic heterocycles. The lowest BCUT2D eigenvalue weighted by Gasteiger charge is -2.19. The number of allylic oxidation sites excluding steroid dienone is 2. The van der Waals surface area contributed by atoms with Crippen LogP contribution in [0.15, 0.2) is 54.1 Å². The largest absolute Gasteiger partial charge is 0.322 e. The second-order valence-electron chi connectivity index (χ2n) is 8.86. The SMILES string of the molecule is CC1=C[C@@H]2C[C@@H]1[C@@H]1C(=O)N(c3ccc(C(=O)Nc4cc(C)cc(C)c4)cc3)C(=O)[C@H]12. The molecule has 2 fully saturated rings. The van der Waals surface area contributed by atoms with E-state index in [1.54, 1.807) is 24.3 Å². The maximum atomic E-state index is 13.1. The molecule has 0 aromatic heterocycles. The molecule has 1 N–H and O–H groups in total. The van der Waals surface area contributed by atoms with Crippen molar-refractivity contribution in [1.29, 1.82) is 0 Å². The molecule has 2 aromatic rings. The number of benzene rings is 2. The van der Waals surface area contributed by atoms with Crippen molar-refractivity contribution in [3.05, 3.63) is 70.8 Å². The number of nitrogens with one attached hydrogen (secondary N) is 1. The third-order valence-electron chi connectivity index (χ3n) is 6.75. The van der Waals surface area contributed by atoms with Gasteiger partial charge in [-0.05, 0) is 86.6 Å². The maximum Gasteiger partial charge on any atom is 0.255 e. The Morgan fingerprint density at radius 2 is 1.57 bits per heavy atom. The first-order valence-corrected chi connectivity index (χ1v) is 10.4. The minimum Gasteiger partial charge on any atom is -0.322 e. The number of nitrogens with zero attached hydrogens (tertiary/aromatic N) is 1. The molecule has 4 atom stereocenters. The van der Waals surface area contributed by atoms with Gasteiger partial charge < -0.3 is 5.32 Å². The predicted octanol–water partition coefficient (Wildman–Crippen LogP) is 4.26. The van der Waals surface area contributed by atoms with Gasteiger partial charge in [-0.25, -0.2) is 0 Å². The molecule has 2 aromatic carbocycles. The highest BCUT2D eigenvalue weighted by atomic mass is 16.2. The summed E-state index contributed by atoms with van der Waals surface area (Å²) in [6.45, 7) is 6.03. The smallest absolute Gasteiger partial charge is 0.255 e. The fourth-order valence-electron chi connectivity index (χ4n) is 5.54. The van der Waals surface area contributed by atoms with E-state index in [1.165, 1.54) is 10.5 Å². The average molecular weight is 400 g/mol. The van der Waals surface area contributed by atoms with Gasteiger partial charge in [0.05, 0.1) is 17.5 Å². The Bertz CT molecular complexity index is 1100. The third kappa shape index (κ3) is 2.80. The molecule has 0 unspecified atom stereocenters. The first kappa shape index (κ1) is 18.8. The number of fused-ring (bicyclic) bond motifs is 5. The maximum absolute atomic E-state index is 13.1. The monoisotopic (exact) mass is 400 g/mol. The first-order valence-electron chi connectivity index (χ1n) is 10.4. The number of anilines is 2. The quantitative estimate of drug-likeness (QED) is 0.618. The van der Waals surface area contributed by atoms with E-state index in [-0.39, 0.29) is 41.4 Å². The Morgan fingerprint density at radius 1 is 0.933 bits per heavy atom. The van der Waals surface area contributed by atoms with Crippen LogP contribution < -0.4 is 10.2 Å². The van der Waals surface area contributed by atoms with Gasteiger partial charge in [-0.2, -0.15) is 0 Å². The van der Waals surface area contributed by atoms with Gasteiger partial charge in [-0.15, -0.1) is 0 Å². The van der Waals surface area contributed by atoms with Gasteiger partial charge in [-0.1, -0.05) is 17.7 Å². The molecule has 1 heterocycles. The van der Waals surface area contributed by atoms with Crippen LogP contribution in [-0.4, -0.2) is 17.7 Å². The Morgan fingerprint density at radius 3 is 2.23 bits per heavy atom. The van der Waals surface area contributed by atoms with Crippen LogP contribution in [0.5, 0.6) is 0 Å². The highest BCUT2D eigenvalue weighted by Gasteiger charge is 2.60. The van der Waals surface area contributed by atoms with Crippen LogP contribution >= 0.6 is 0 Å². The number of aryl methyl sites for hydroxylation is 2. The third-order valence-corrected chi connectivity index (χ3v) is 6.75.